The lowest BCUT2D eigenvalue weighted by atomic mass is 10.1. The average molecular weight is 447 g/mol. The summed E-state index contributed by atoms with van der Waals surface area (Å²) < 4.78 is 12.1. The van der Waals surface area contributed by atoms with E-state index in [2.05, 4.69) is 15.9 Å². The van der Waals surface area contributed by atoms with E-state index in [1.807, 2.05) is 36.4 Å². The van der Waals surface area contributed by atoms with E-state index in [9.17, 15) is 9.59 Å². The Morgan fingerprint density at radius 2 is 1.82 bits per heavy atom. The first-order chi connectivity index (χ1) is 13.6. The summed E-state index contributed by atoms with van der Waals surface area (Å²) in [6, 6.07) is 11.9. The van der Waals surface area contributed by atoms with Crippen molar-refractivity contribution in [3.63, 3.8) is 0 Å². The summed E-state index contributed by atoms with van der Waals surface area (Å²) in [5, 5.41) is 2.16. The molecule has 0 spiro atoms. The monoisotopic (exact) mass is 446 g/mol. The molecule has 6 nitrogen and oxygen atoms in total. The van der Waals surface area contributed by atoms with Crippen LogP contribution in [0.25, 0.3) is 10.8 Å². The van der Waals surface area contributed by atoms with Gasteiger partial charge in [0.15, 0.2) is 6.61 Å². The molecule has 2 aliphatic heterocycles. The second kappa shape index (κ2) is 8.49. The van der Waals surface area contributed by atoms with Crippen LogP contribution in [0.1, 0.15) is 12.8 Å². The Hall–Kier alpha value is -2.12. The topological polar surface area (TPSA) is 59.1 Å². The molecule has 2 aromatic rings. The first-order valence-corrected chi connectivity index (χ1v) is 10.4. The van der Waals surface area contributed by atoms with Crippen molar-refractivity contribution in [1.29, 1.82) is 0 Å². The van der Waals surface area contributed by atoms with Gasteiger partial charge in [-0.05, 0) is 45.6 Å². The van der Waals surface area contributed by atoms with Crippen molar-refractivity contribution in [3.8, 4) is 5.75 Å². The summed E-state index contributed by atoms with van der Waals surface area (Å²) in [6.07, 6.45) is 1.44. The van der Waals surface area contributed by atoms with Gasteiger partial charge in [-0.15, -0.1) is 0 Å². The van der Waals surface area contributed by atoms with Gasteiger partial charge in [-0.25, -0.2) is 0 Å². The molecule has 0 aromatic heterocycles. The van der Waals surface area contributed by atoms with Gasteiger partial charge in [-0.3, -0.25) is 9.59 Å². The van der Waals surface area contributed by atoms with Crippen molar-refractivity contribution in [2.24, 2.45) is 0 Å². The summed E-state index contributed by atoms with van der Waals surface area (Å²) >= 11 is 3.58. The van der Waals surface area contributed by atoms with Crippen LogP contribution in [0.3, 0.4) is 0 Å². The molecule has 2 heterocycles. The highest BCUT2D eigenvalue weighted by Gasteiger charge is 2.31. The first-order valence-electron chi connectivity index (χ1n) is 9.62. The summed E-state index contributed by atoms with van der Waals surface area (Å²) in [7, 11) is 0. The van der Waals surface area contributed by atoms with Crippen molar-refractivity contribution in [2.45, 2.75) is 18.9 Å². The fourth-order valence-corrected chi connectivity index (χ4v) is 4.32. The van der Waals surface area contributed by atoms with Crippen LogP contribution in [-0.2, 0) is 14.3 Å². The van der Waals surface area contributed by atoms with Gasteiger partial charge < -0.3 is 19.3 Å². The highest BCUT2D eigenvalue weighted by molar-refractivity contribution is 9.10. The Balaban J connectivity index is 1.30. The molecule has 2 aromatic carbocycles. The third-order valence-corrected chi connectivity index (χ3v) is 6.15. The number of carbonyl (C=O) groups is 2. The number of rotatable bonds is 4. The molecule has 2 aliphatic rings. The Kier molecular flexibility index (Phi) is 5.82. The van der Waals surface area contributed by atoms with Crippen molar-refractivity contribution in [2.75, 3.05) is 39.4 Å². The van der Waals surface area contributed by atoms with Gasteiger partial charge in [0.05, 0.1) is 4.47 Å². The van der Waals surface area contributed by atoms with Gasteiger partial charge in [0.1, 0.15) is 11.9 Å². The van der Waals surface area contributed by atoms with Crippen LogP contribution in [0.2, 0.25) is 0 Å². The molecule has 0 unspecified atom stereocenters. The van der Waals surface area contributed by atoms with Crippen LogP contribution < -0.4 is 4.74 Å². The van der Waals surface area contributed by atoms with Crippen LogP contribution >= 0.6 is 15.9 Å². The van der Waals surface area contributed by atoms with E-state index in [0.29, 0.717) is 38.5 Å². The smallest absolute Gasteiger partial charge is 0.260 e. The summed E-state index contributed by atoms with van der Waals surface area (Å²) in [5.41, 5.74) is 0. The molecule has 2 fully saturated rings. The SMILES string of the molecule is O=C(COc1ccc2ccccc2c1Br)N1CCN(C(=O)[C@H]2CCCO2)CC1. The Morgan fingerprint density at radius 3 is 2.57 bits per heavy atom. The van der Waals surface area contributed by atoms with Crippen molar-refractivity contribution in [1.82, 2.24) is 9.80 Å². The molecule has 0 bridgehead atoms. The molecule has 2 amide bonds. The van der Waals surface area contributed by atoms with Gasteiger partial charge in [-0.2, -0.15) is 0 Å². The second-order valence-electron chi connectivity index (χ2n) is 7.10. The zero-order valence-electron chi connectivity index (χ0n) is 15.6. The van der Waals surface area contributed by atoms with Crippen LogP contribution in [0.15, 0.2) is 40.9 Å². The van der Waals surface area contributed by atoms with Crippen LogP contribution in [0.4, 0.5) is 0 Å². The lowest BCUT2D eigenvalue weighted by Gasteiger charge is -2.35. The molecular weight excluding hydrogens is 424 g/mol. The predicted octanol–water partition coefficient (Wildman–Crippen LogP) is 2.83. The first kappa shape index (κ1) is 19.2. The number of hydrogen-bond donors (Lipinski definition) is 0. The highest BCUT2D eigenvalue weighted by Crippen LogP contribution is 2.33. The lowest BCUT2D eigenvalue weighted by Crippen LogP contribution is -2.53. The summed E-state index contributed by atoms with van der Waals surface area (Å²) in [5.74, 6) is 0.643. The Bertz CT molecular complexity index is 874. The molecular formula is C21H23BrN2O4. The number of nitrogens with zero attached hydrogens (tertiary/aromatic N) is 2. The number of ether oxygens (including phenoxy) is 2. The van der Waals surface area contributed by atoms with Crippen molar-refractivity contribution in [3.05, 3.63) is 40.9 Å². The molecule has 28 heavy (non-hydrogen) atoms. The van der Waals surface area contributed by atoms with E-state index in [0.717, 1.165) is 28.1 Å². The number of benzene rings is 2. The Morgan fingerprint density at radius 1 is 1.07 bits per heavy atom. The molecule has 0 saturated carbocycles. The molecule has 148 valence electrons. The van der Waals surface area contributed by atoms with Crippen LogP contribution in [0, 0.1) is 0 Å². The van der Waals surface area contributed by atoms with E-state index in [1.165, 1.54) is 0 Å². The number of piperazine rings is 1. The quantitative estimate of drug-likeness (QED) is 0.724. The Labute approximate surface area is 172 Å². The number of amides is 2. The average Bonchev–Trinajstić information content (AvgIpc) is 3.28. The molecule has 0 radical (unpaired) electrons. The van der Waals surface area contributed by atoms with Crippen LogP contribution in [-0.4, -0.2) is 67.1 Å². The van der Waals surface area contributed by atoms with E-state index < -0.39 is 0 Å². The largest absolute Gasteiger partial charge is 0.483 e. The predicted molar refractivity (Wildman–Crippen MR) is 109 cm³/mol. The van der Waals surface area contributed by atoms with Gasteiger partial charge >= 0.3 is 0 Å². The van der Waals surface area contributed by atoms with Crippen molar-refractivity contribution >= 4 is 38.5 Å². The molecule has 7 heteroatoms. The molecule has 2 saturated heterocycles. The standard InChI is InChI=1S/C21H23BrN2O4/c22-20-16-5-2-1-4-15(16)7-8-17(20)28-14-19(25)23-9-11-24(12-10-23)21(26)18-6-3-13-27-18/h1-2,4-5,7-8,18H,3,6,9-14H2/t18-/m1/s1. The molecule has 4 rings (SSSR count). The third kappa shape index (κ3) is 4.00. The minimum atomic E-state index is -0.296. The van der Waals surface area contributed by atoms with Crippen molar-refractivity contribution < 1.29 is 19.1 Å². The zero-order chi connectivity index (χ0) is 19.5. The number of hydrogen-bond acceptors (Lipinski definition) is 4. The molecule has 1 atom stereocenters. The van der Waals surface area contributed by atoms with Gasteiger partial charge in [0.25, 0.3) is 11.8 Å². The minimum Gasteiger partial charge on any atom is -0.483 e. The summed E-state index contributed by atoms with van der Waals surface area (Å²) in [6.45, 7) is 2.79. The lowest BCUT2D eigenvalue weighted by molar-refractivity contribution is -0.146. The van der Waals surface area contributed by atoms with Crippen LogP contribution in [0.5, 0.6) is 5.75 Å². The number of carbonyl (C=O) groups excluding carboxylic acids is 2. The maximum atomic E-state index is 12.5. The van der Waals surface area contributed by atoms with Gasteiger partial charge in [-0.1, -0.05) is 30.3 Å². The van der Waals surface area contributed by atoms with E-state index in [1.54, 1.807) is 9.80 Å². The van der Waals surface area contributed by atoms with Gasteiger partial charge in [0.2, 0.25) is 0 Å². The number of fused-ring (bicyclic) bond motifs is 1. The fraction of sp³-hybridized carbons (Fsp3) is 0.429. The maximum absolute atomic E-state index is 12.5. The van der Waals surface area contributed by atoms with E-state index in [-0.39, 0.29) is 24.5 Å². The molecule has 0 N–H and O–H groups in total. The number of halogens is 1. The van der Waals surface area contributed by atoms with E-state index in [4.69, 9.17) is 9.47 Å². The van der Waals surface area contributed by atoms with E-state index >= 15 is 0 Å². The van der Waals surface area contributed by atoms with Gasteiger partial charge in [0, 0.05) is 32.8 Å². The maximum Gasteiger partial charge on any atom is 0.260 e. The third-order valence-electron chi connectivity index (χ3n) is 5.33. The fourth-order valence-electron chi connectivity index (χ4n) is 3.71. The normalized spacial score (nSPS) is 19.8. The zero-order valence-corrected chi connectivity index (χ0v) is 17.2. The second-order valence-corrected chi connectivity index (χ2v) is 7.89. The minimum absolute atomic E-state index is 0.0172. The molecule has 0 aliphatic carbocycles. The highest BCUT2D eigenvalue weighted by atomic mass is 79.9. The summed E-state index contributed by atoms with van der Waals surface area (Å²) in [4.78, 5) is 28.5.